The minimum absolute atomic E-state index is 0.0478. The van der Waals surface area contributed by atoms with Crippen LogP contribution in [-0.2, 0) is 15.7 Å². The number of allylic oxidation sites excluding steroid dienone is 1. The summed E-state index contributed by atoms with van der Waals surface area (Å²) in [6.45, 7) is 16.6. The van der Waals surface area contributed by atoms with Crippen LogP contribution in [0.1, 0.15) is 52.3 Å². The van der Waals surface area contributed by atoms with Gasteiger partial charge in [0.05, 0.1) is 30.5 Å². The SMILES string of the molecule is CC1=CN(C2CC(C)C(CO[Si](C)(C)C(C)(C)C)O2)Cc2nc(N)[nH]c(=O)c21. The van der Waals surface area contributed by atoms with Crippen LogP contribution in [0, 0.1) is 5.92 Å². The molecule has 0 saturated carbocycles. The molecule has 7 nitrogen and oxygen atoms in total. The zero-order valence-electron chi connectivity index (χ0n) is 18.1. The van der Waals surface area contributed by atoms with Crippen LogP contribution < -0.4 is 11.3 Å². The molecule has 0 amide bonds. The molecule has 156 valence electrons. The third kappa shape index (κ3) is 4.04. The predicted octanol–water partition coefficient (Wildman–Crippen LogP) is 3.30. The summed E-state index contributed by atoms with van der Waals surface area (Å²) >= 11 is 0. The van der Waals surface area contributed by atoms with Crippen molar-refractivity contribution in [2.45, 2.75) is 78.0 Å². The number of nitrogen functional groups attached to an aromatic ring is 1. The van der Waals surface area contributed by atoms with Crippen molar-refractivity contribution >= 4 is 19.8 Å². The summed E-state index contributed by atoms with van der Waals surface area (Å²) < 4.78 is 12.8. The highest BCUT2D eigenvalue weighted by Gasteiger charge is 2.41. The second kappa shape index (κ2) is 7.31. The summed E-state index contributed by atoms with van der Waals surface area (Å²) in [7, 11) is -1.80. The molecule has 1 aromatic heterocycles. The number of nitrogens with one attached hydrogen (secondary N) is 1. The molecular weight excluding hydrogens is 372 g/mol. The fourth-order valence-corrected chi connectivity index (χ4v) is 4.58. The van der Waals surface area contributed by atoms with Crippen LogP contribution in [0.15, 0.2) is 11.0 Å². The van der Waals surface area contributed by atoms with E-state index in [0.717, 1.165) is 12.0 Å². The Morgan fingerprint density at radius 3 is 2.75 bits per heavy atom. The normalized spacial score (nSPS) is 25.6. The van der Waals surface area contributed by atoms with E-state index in [9.17, 15) is 4.79 Å². The van der Waals surface area contributed by atoms with Gasteiger partial charge in [-0.15, -0.1) is 0 Å². The minimum atomic E-state index is -1.80. The first-order valence-electron chi connectivity index (χ1n) is 10.0. The zero-order valence-corrected chi connectivity index (χ0v) is 19.1. The molecule has 0 aromatic carbocycles. The van der Waals surface area contributed by atoms with Gasteiger partial charge in [-0.2, -0.15) is 0 Å². The summed E-state index contributed by atoms with van der Waals surface area (Å²) in [5.74, 6) is 0.557. The van der Waals surface area contributed by atoms with Crippen molar-refractivity contribution in [1.82, 2.24) is 14.9 Å². The number of anilines is 1. The van der Waals surface area contributed by atoms with Gasteiger partial charge in [0.25, 0.3) is 5.56 Å². The van der Waals surface area contributed by atoms with Gasteiger partial charge in [-0.25, -0.2) is 4.98 Å². The highest BCUT2D eigenvalue weighted by Crippen LogP contribution is 2.38. The molecule has 0 bridgehead atoms. The first kappa shape index (κ1) is 21.1. The van der Waals surface area contributed by atoms with Crippen molar-refractivity contribution in [2.75, 3.05) is 12.3 Å². The number of aromatic nitrogens is 2. The molecule has 3 heterocycles. The highest BCUT2D eigenvalue weighted by molar-refractivity contribution is 6.74. The number of hydrogen-bond acceptors (Lipinski definition) is 6. The molecule has 3 atom stereocenters. The van der Waals surface area contributed by atoms with E-state index < -0.39 is 8.32 Å². The molecule has 0 aliphatic carbocycles. The molecule has 1 saturated heterocycles. The Labute approximate surface area is 168 Å². The summed E-state index contributed by atoms with van der Waals surface area (Å²) in [5, 5.41) is 0.184. The van der Waals surface area contributed by atoms with Crippen molar-refractivity contribution in [3.05, 3.63) is 27.8 Å². The van der Waals surface area contributed by atoms with Crippen LogP contribution in [0.4, 0.5) is 5.95 Å². The maximum atomic E-state index is 12.2. The van der Waals surface area contributed by atoms with Crippen LogP contribution in [0.3, 0.4) is 0 Å². The molecule has 0 radical (unpaired) electrons. The molecule has 3 rings (SSSR count). The number of nitrogens with zero attached hydrogens (tertiary/aromatic N) is 2. The minimum Gasteiger partial charge on any atom is -0.414 e. The number of aromatic amines is 1. The van der Waals surface area contributed by atoms with E-state index in [0.29, 0.717) is 30.3 Å². The Hall–Kier alpha value is -1.64. The second-order valence-electron chi connectivity index (χ2n) is 9.67. The number of fused-ring (bicyclic) bond motifs is 1. The van der Waals surface area contributed by atoms with Crippen molar-refractivity contribution in [3.63, 3.8) is 0 Å². The van der Waals surface area contributed by atoms with E-state index in [4.69, 9.17) is 14.9 Å². The average Bonchev–Trinajstić information content (AvgIpc) is 2.92. The van der Waals surface area contributed by atoms with E-state index in [-0.39, 0.29) is 28.9 Å². The molecule has 0 spiro atoms. The van der Waals surface area contributed by atoms with E-state index in [2.05, 4.69) is 55.7 Å². The molecule has 3 N–H and O–H groups in total. The molecule has 8 heteroatoms. The van der Waals surface area contributed by atoms with E-state index in [1.54, 1.807) is 0 Å². The molecule has 1 aromatic rings. The molecule has 2 aliphatic rings. The van der Waals surface area contributed by atoms with Crippen LogP contribution in [-0.4, -0.2) is 42.1 Å². The molecule has 2 aliphatic heterocycles. The van der Waals surface area contributed by atoms with Crippen molar-refractivity contribution in [1.29, 1.82) is 0 Å². The standard InChI is InChI=1S/C20H34N4O3Si/c1-12-8-16(27-15(12)11-26-28(6,7)20(3,4)5)24-9-13(2)17-14(10-24)22-19(21)23-18(17)25/h9,12,15-16H,8,10-11H2,1-7H3,(H3,21,22,23,25). The quantitative estimate of drug-likeness (QED) is 0.745. The van der Waals surface area contributed by atoms with Gasteiger partial charge >= 0.3 is 0 Å². The third-order valence-electron chi connectivity index (χ3n) is 6.42. The van der Waals surface area contributed by atoms with Gasteiger partial charge < -0.3 is 19.8 Å². The van der Waals surface area contributed by atoms with Crippen molar-refractivity contribution < 1.29 is 9.16 Å². The van der Waals surface area contributed by atoms with Crippen LogP contribution in [0.25, 0.3) is 5.57 Å². The maximum Gasteiger partial charge on any atom is 0.260 e. The highest BCUT2D eigenvalue weighted by atomic mass is 28.4. The van der Waals surface area contributed by atoms with Gasteiger partial charge in [-0.1, -0.05) is 27.7 Å². The maximum absolute atomic E-state index is 12.2. The Morgan fingerprint density at radius 2 is 2.11 bits per heavy atom. The molecule has 28 heavy (non-hydrogen) atoms. The van der Waals surface area contributed by atoms with Gasteiger partial charge in [0.15, 0.2) is 8.32 Å². The number of hydrogen-bond donors (Lipinski definition) is 2. The lowest BCUT2D eigenvalue weighted by Crippen LogP contribution is -2.43. The monoisotopic (exact) mass is 406 g/mol. The lowest BCUT2D eigenvalue weighted by molar-refractivity contribution is -0.0560. The Kier molecular flexibility index (Phi) is 5.50. The Morgan fingerprint density at radius 1 is 1.43 bits per heavy atom. The summed E-state index contributed by atoms with van der Waals surface area (Å²) in [4.78, 5) is 21.3. The smallest absolute Gasteiger partial charge is 0.260 e. The summed E-state index contributed by atoms with van der Waals surface area (Å²) in [6.07, 6.45) is 2.95. The Bertz CT molecular complexity index is 828. The molecule has 3 unspecified atom stereocenters. The number of ether oxygens (including phenoxy) is 1. The zero-order chi connectivity index (χ0) is 20.9. The fourth-order valence-electron chi connectivity index (χ4n) is 3.56. The van der Waals surface area contributed by atoms with Crippen LogP contribution in [0.2, 0.25) is 18.1 Å². The number of nitrogens with two attached hydrogens (primary N) is 1. The van der Waals surface area contributed by atoms with Crippen molar-refractivity contribution in [3.8, 4) is 0 Å². The molecule has 1 fully saturated rings. The van der Waals surface area contributed by atoms with Crippen molar-refractivity contribution in [2.24, 2.45) is 5.92 Å². The van der Waals surface area contributed by atoms with Crippen LogP contribution >= 0.6 is 0 Å². The first-order chi connectivity index (χ1) is 12.9. The van der Waals surface area contributed by atoms with Gasteiger partial charge in [-0.3, -0.25) is 9.78 Å². The first-order valence-corrected chi connectivity index (χ1v) is 12.9. The van der Waals surface area contributed by atoms with Gasteiger partial charge in [0.1, 0.15) is 6.23 Å². The van der Waals surface area contributed by atoms with E-state index in [1.807, 2.05) is 13.1 Å². The van der Waals surface area contributed by atoms with Gasteiger partial charge in [0.2, 0.25) is 5.95 Å². The van der Waals surface area contributed by atoms with E-state index >= 15 is 0 Å². The number of H-pyrrole nitrogens is 1. The third-order valence-corrected chi connectivity index (χ3v) is 10.9. The second-order valence-corrected chi connectivity index (χ2v) is 14.5. The van der Waals surface area contributed by atoms with E-state index in [1.165, 1.54) is 0 Å². The van der Waals surface area contributed by atoms with Crippen LogP contribution in [0.5, 0.6) is 0 Å². The predicted molar refractivity (Wildman–Crippen MR) is 114 cm³/mol. The van der Waals surface area contributed by atoms with Gasteiger partial charge in [-0.05, 0) is 43.0 Å². The summed E-state index contributed by atoms with van der Waals surface area (Å²) in [6, 6.07) is 0. The topological polar surface area (TPSA) is 93.5 Å². The average molecular weight is 407 g/mol. The van der Waals surface area contributed by atoms with Gasteiger partial charge in [0, 0.05) is 6.20 Å². The number of rotatable bonds is 4. The molecular formula is C20H34N4O3Si. The lowest BCUT2D eigenvalue weighted by atomic mass is 10.0. The summed E-state index contributed by atoms with van der Waals surface area (Å²) in [5.41, 5.74) is 7.76. The lowest BCUT2D eigenvalue weighted by Gasteiger charge is -2.37. The largest absolute Gasteiger partial charge is 0.414 e. The fraction of sp³-hybridized carbons (Fsp3) is 0.700. The Balaban J connectivity index is 1.70.